The Hall–Kier alpha value is -3.71. The van der Waals surface area contributed by atoms with Crippen LogP contribution in [0.25, 0.3) is 10.8 Å². The number of rotatable bonds is 6. The summed E-state index contributed by atoms with van der Waals surface area (Å²) < 4.78 is 8.01. The number of benzene rings is 4. The van der Waals surface area contributed by atoms with E-state index in [1.54, 1.807) is 23.9 Å². The van der Waals surface area contributed by atoms with Crippen LogP contribution in [0.1, 0.15) is 22.8 Å². The van der Waals surface area contributed by atoms with Gasteiger partial charge >= 0.3 is 4.87 Å². The summed E-state index contributed by atoms with van der Waals surface area (Å²) in [6.45, 7) is -0.213. The molecular formula is C37H27Br2N3O5S2. The fourth-order valence-corrected chi connectivity index (χ4v) is 12.3. The number of H-pyrrole nitrogens is 1. The molecule has 3 fully saturated rings. The smallest absolute Gasteiger partial charge is 0.305 e. The third-order valence-electron chi connectivity index (χ3n) is 10.5. The van der Waals surface area contributed by atoms with E-state index in [-0.39, 0.29) is 58.1 Å². The van der Waals surface area contributed by atoms with Crippen LogP contribution in [0.2, 0.25) is 0 Å². The second-order valence-electron chi connectivity index (χ2n) is 13.0. The van der Waals surface area contributed by atoms with Gasteiger partial charge in [0.2, 0.25) is 11.8 Å². The Bertz CT molecular complexity index is 2250. The standard InChI is InChI=1S/C37H27Br2N3O5S2/c38-18-8-11-20(12-9-18)42-35(44)30-23-15-24(31(30)36(42)45)32-29(23)28(33-34(48-32)41-37(46)49-33)22-14-19(39)10-13-26(22)47-16-27(43)40-25-7-3-5-17-4-1-2-6-21(17)25/h1-14,23-24,28-32H,15-16H2,(H,40,43)(H,41,46)/t23-,24-,28-,29?,30?,31?,32?/m1/s1. The fraction of sp³-hybridized carbons (Fsp3) is 0.243. The maximum absolute atomic E-state index is 14.1. The van der Waals surface area contributed by atoms with Crippen LogP contribution in [0.3, 0.4) is 0 Å². The van der Waals surface area contributed by atoms with Crippen LogP contribution < -0.4 is 19.8 Å². The zero-order valence-corrected chi connectivity index (χ0v) is 30.4. The zero-order valence-electron chi connectivity index (χ0n) is 25.6. The summed E-state index contributed by atoms with van der Waals surface area (Å²) in [5.41, 5.74) is 2.15. The van der Waals surface area contributed by atoms with Crippen LogP contribution in [0.4, 0.5) is 11.4 Å². The minimum atomic E-state index is -0.425. The summed E-state index contributed by atoms with van der Waals surface area (Å²) in [4.78, 5) is 59.4. The second-order valence-corrected chi connectivity index (χ2v) is 17.0. The molecule has 0 spiro atoms. The van der Waals surface area contributed by atoms with Crippen molar-refractivity contribution in [1.29, 1.82) is 0 Å². The third-order valence-corrected chi connectivity index (χ3v) is 14.1. The summed E-state index contributed by atoms with van der Waals surface area (Å²) in [5, 5.41) is 5.80. The highest BCUT2D eigenvalue weighted by atomic mass is 79.9. The molecule has 8 nitrogen and oxygen atoms in total. The number of carbonyl (C=O) groups excluding carboxylic acids is 3. The number of thioether (sulfide) groups is 1. The van der Waals surface area contributed by atoms with Gasteiger partial charge in [0, 0.05) is 41.6 Å². The molecule has 9 rings (SSSR count). The van der Waals surface area contributed by atoms with Crippen LogP contribution in [0.15, 0.2) is 104 Å². The summed E-state index contributed by atoms with van der Waals surface area (Å²) in [6.07, 6.45) is 0.774. The number of anilines is 2. The van der Waals surface area contributed by atoms with E-state index in [2.05, 4.69) is 42.2 Å². The number of hydrogen-bond acceptors (Lipinski definition) is 7. The highest BCUT2D eigenvalue weighted by Gasteiger charge is 2.69. The number of amides is 3. The Morgan fingerprint density at radius 3 is 2.45 bits per heavy atom. The Morgan fingerprint density at radius 1 is 0.898 bits per heavy atom. The molecule has 3 amide bonds. The van der Waals surface area contributed by atoms with E-state index in [4.69, 9.17) is 4.74 Å². The lowest BCUT2D eigenvalue weighted by Crippen LogP contribution is -2.42. The first-order chi connectivity index (χ1) is 23.8. The number of fused-ring (bicyclic) bond motifs is 10. The molecule has 5 aromatic rings. The van der Waals surface area contributed by atoms with Gasteiger partial charge in [-0.3, -0.25) is 24.1 Å². The van der Waals surface area contributed by atoms with Crippen molar-refractivity contribution in [2.75, 3.05) is 16.8 Å². The van der Waals surface area contributed by atoms with Gasteiger partial charge in [-0.15, -0.1) is 11.8 Å². The minimum Gasteiger partial charge on any atom is -0.483 e. The van der Waals surface area contributed by atoms with Crippen molar-refractivity contribution >= 4 is 94.8 Å². The number of nitrogens with one attached hydrogen (secondary N) is 2. The van der Waals surface area contributed by atoms with Gasteiger partial charge < -0.3 is 15.0 Å². The highest BCUT2D eigenvalue weighted by Crippen LogP contribution is 2.69. The van der Waals surface area contributed by atoms with Gasteiger partial charge in [-0.1, -0.05) is 79.6 Å². The molecule has 2 aliphatic carbocycles. The first kappa shape index (κ1) is 31.3. The first-order valence-corrected chi connectivity index (χ1v) is 19.3. The van der Waals surface area contributed by atoms with Crippen molar-refractivity contribution in [2.24, 2.45) is 29.6 Å². The molecule has 1 aromatic heterocycles. The highest BCUT2D eigenvalue weighted by molar-refractivity contribution is 9.10. The lowest BCUT2D eigenvalue weighted by molar-refractivity contribution is -0.123. The van der Waals surface area contributed by atoms with Gasteiger partial charge in [-0.2, -0.15) is 0 Å². The number of aromatic amines is 1. The van der Waals surface area contributed by atoms with E-state index in [1.165, 1.54) is 16.2 Å². The van der Waals surface area contributed by atoms with Crippen LogP contribution in [-0.2, 0) is 14.4 Å². The van der Waals surface area contributed by atoms with E-state index < -0.39 is 11.8 Å². The van der Waals surface area contributed by atoms with Gasteiger partial charge in [-0.25, -0.2) is 0 Å². The number of thiazole rings is 1. The van der Waals surface area contributed by atoms with Crippen molar-refractivity contribution in [1.82, 2.24) is 4.98 Å². The molecule has 7 atom stereocenters. The van der Waals surface area contributed by atoms with E-state index in [0.29, 0.717) is 17.1 Å². The van der Waals surface area contributed by atoms with Gasteiger partial charge in [0.15, 0.2) is 6.61 Å². The number of aromatic nitrogens is 1. The van der Waals surface area contributed by atoms with E-state index in [9.17, 15) is 19.2 Å². The van der Waals surface area contributed by atoms with Crippen molar-refractivity contribution in [3.63, 3.8) is 0 Å². The van der Waals surface area contributed by atoms with Gasteiger partial charge in [0.25, 0.3) is 5.91 Å². The fourth-order valence-electron chi connectivity index (χ4n) is 8.77. The molecule has 4 aliphatic rings. The lowest BCUT2D eigenvalue weighted by Gasteiger charge is -2.43. The SMILES string of the molecule is O=C(COc1ccc(Br)cc1[C@H]1c2sc(=O)[nH]c2SC2C1[C@H]1C[C@@H]2C2C(=O)N(c3ccc(Br)cc3)C(=O)C21)Nc1cccc2ccccc12. The number of nitrogens with zero attached hydrogens (tertiary/aromatic N) is 1. The molecule has 3 heterocycles. The van der Waals surface area contributed by atoms with Gasteiger partial charge in [0.05, 0.1) is 22.5 Å². The van der Waals surface area contributed by atoms with Gasteiger partial charge in [-0.05, 0) is 78.1 Å². The van der Waals surface area contributed by atoms with E-state index in [0.717, 1.165) is 41.6 Å². The quantitative estimate of drug-likeness (QED) is 0.170. The monoisotopic (exact) mass is 815 g/mol. The van der Waals surface area contributed by atoms with Crippen molar-refractivity contribution < 1.29 is 19.1 Å². The summed E-state index contributed by atoms with van der Waals surface area (Å²) in [7, 11) is 0. The zero-order chi connectivity index (χ0) is 33.6. The first-order valence-electron chi connectivity index (χ1n) is 16.0. The predicted molar refractivity (Wildman–Crippen MR) is 197 cm³/mol. The maximum Gasteiger partial charge on any atom is 0.305 e. The lowest BCUT2D eigenvalue weighted by atomic mass is 9.68. The largest absolute Gasteiger partial charge is 0.483 e. The van der Waals surface area contributed by atoms with E-state index >= 15 is 0 Å². The molecular weight excluding hydrogens is 790 g/mol. The maximum atomic E-state index is 14.1. The average molecular weight is 818 g/mol. The number of hydrogen-bond donors (Lipinski definition) is 2. The molecule has 1 saturated heterocycles. The third kappa shape index (κ3) is 5.05. The summed E-state index contributed by atoms with van der Waals surface area (Å²) >= 11 is 9.93. The minimum absolute atomic E-state index is 0.0102. The normalized spacial score (nSPS) is 26.5. The molecule has 4 unspecified atom stereocenters. The topological polar surface area (TPSA) is 109 Å². The molecule has 12 heteroatoms. The molecule has 2 N–H and O–H groups in total. The number of ether oxygens (including phenoxy) is 1. The average Bonchev–Trinajstić information content (AvgIpc) is 3.83. The van der Waals surface area contributed by atoms with Crippen molar-refractivity contribution in [2.45, 2.75) is 22.6 Å². The molecule has 246 valence electrons. The van der Waals surface area contributed by atoms with E-state index in [1.807, 2.05) is 72.8 Å². The molecule has 4 aromatic carbocycles. The summed E-state index contributed by atoms with van der Waals surface area (Å²) in [5.74, 6) is -1.18. The Balaban J connectivity index is 1.05. The summed E-state index contributed by atoms with van der Waals surface area (Å²) in [6, 6.07) is 26.7. The second kappa shape index (κ2) is 12.0. The van der Waals surface area contributed by atoms with Gasteiger partial charge in [0.1, 0.15) is 5.75 Å². The predicted octanol–water partition coefficient (Wildman–Crippen LogP) is 7.81. The Morgan fingerprint density at radius 2 is 1.63 bits per heavy atom. The van der Waals surface area contributed by atoms with Crippen LogP contribution in [-0.4, -0.2) is 34.6 Å². The number of carbonyl (C=O) groups is 3. The molecule has 2 aliphatic heterocycles. The Labute approximate surface area is 305 Å². The van der Waals surface area contributed by atoms with Crippen LogP contribution in [0, 0.1) is 29.6 Å². The molecule has 0 radical (unpaired) electrons. The molecule has 2 saturated carbocycles. The van der Waals surface area contributed by atoms with Crippen LogP contribution in [0.5, 0.6) is 5.75 Å². The number of halogens is 2. The van der Waals surface area contributed by atoms with Crippen molar-refractivity contribution in [3.8, 4) is 5.75 Å². The molecule has 49 heavy (non-hydrogen) atoms. The number of imide groups is 1. The van der Waals surface area contributed by atoms with Crippen molar-refractivity contribution in [3.05, 3.63) is 114 Å². The Kier molecular flexibility index (Phi) is 7.64. The van der Waals surface area contributed by atoms with Crippen LogP contribution >= 0.6 is 55.0 Å². The molecule has 2 bridgehead atoms.